The summed E-state index contributed by atoms with van der Waals surface area (Å²) in [6, 6.07) is -0.625. The number of aliphatic hydroxyl groups is 2. The van der Waals surface area contributed by atoms with Crippen LogP contribution < -0.4 is 5.32 Å². The van der Waals surface area contributed by atoms with Crippen molar-refractivity contribution in [2.75, 3.05) is 13.2 Å². The van der Waals surface area contributed by atoms with Crippen LogP contribution in [0.5, 0.6) is 0 Å². The molecule has 0 rings (SSSR count). The van der Waals surface area contributed by atoms with Gasteiger partial charge in [-0.3, -0.25) is 9.59 Å². The third-order valence-electron chi connectivity index (χ3n) is 19.7. The number of esters is 1. The molecule has 0 aliphatic heterocycles. The summed E-state index contributed by atoms with van der Waals surface area (Å²) < 4.78 is 5.52. The van der Waals surface area contributed by atoms with Crippen molar-refractivity contribution in [3.63, 3.8) is 0 Å². The molecule has 0 saturated carbocycles. The summed E-state index contributed by atoms with van der Waals surface area (Å²) in [4.78, 5) is 24.7. The van der Waals surface area contributed by atoms with E-state index in [1.165, 1.54) is 411 Å². The average Bonchev–Trinajstić information content (AvgIpc) is 3.69. The summed E-state index contributed by atoms with van der Waals surface area (Å²) in [5.41, 5.74) is 0. The second-order valence-electron chi connectivity index (χ2n) is 28.8. The number of ether oxygens (including phenoxy) is 1. The lowest BCUT2D eigenvalue weighted by molar-refractivity contribution is -0.143. The molecule has 90 heavy (non-hydrogen) atoms. The molecule has 0 aromatic carbocycles. The van der Waals surface area contributed by atoms with Gasteiger partial charge in [-0.1, -0.05) is 430 Å². The standard InChI is InChI=1S/C84H163NO5/c1-3-5-7-9-11-13-15-17-19-21-44-48-52-56-60-64-68-72-76-82(87)81(80-86)85-83(88)77-73-69-65-61-57-53-49-45-42-40-38-36-34-32-30-28-26-24-23-25-27-29-31-33-35-37-39-41-43-47-51-55-59-63-67-71-75-79-90-84(89)78-74-70-66-62-58-54-50-46-22-20-18-16-14-12-10-8-6-4-2/h23,25,72,76,81-82,86-87H,3-22,24,26-71,73-75,77-80H2,1-2H3,(H,85,88)/b25-23-,76-72+. The third kappa shape index (κ3) is 75.4. The van der Waals surface area contributed by atoms with Crippen LogP contribution in [0.15, 0.2) is 24.3 Å². The Balaban J connectivity index is 3.33. The monoisotopic (exact) mass is 1270 g/mol. The average molecular weight is 1270 g/mol. The number of carbonyl (C=O) groups is 2. The Morgan fingerprint density at radius 2 is 0.522 bits per heavy atom. The lowest BCUT2D eigenvalue weighted by Crippen LogP contribution is -2.45. The van der Waals surface area contributed by atoms with E-state index in [0.29, 0.717) is 19.4 Å². The summed E-state index contributed by atoms with van der Waals surface area (Å²) in [6.07, 6.45) is 103. The number of carbonyl (C=O) groups excluding carboxylic acids is 2. The SMILES string of the molecule is CCCCCCCCCCCCCCCCCC/C=C/C(O)C(CO)NC(=O)CCCCCCCCCCCCCCCCCCC/C=C\CCCCCCCCCCCCCCCCCCOC(=O)CCCCCCCCCCCCCCCCCCCC. The minimum absolute atomic E-state index is 0.0268. The largest absolute Gasteiger partial charge is 0.466 e. The number of nitrogens with one attached hydrogen (secondary N) is 1. The van der Waals surface area contributed by atoms with Gasteiger partial charge in [-0.15, -0.1) is 0 Å². The summed E-state index contributed by atoms with van der Waals surface area (Å²) in [5.74, 6) is -0.0329. The molecule has 0 bridgehead atoms. The third-order valence-corrected chi connectivity index (χ3v) is 19.7. The Kier molecular flexibility index (Phi) is 78.3. The van der Waals surface area contributed by atoms with Gasteiger partial charge >= 0.3 is 5.97 Å². The number of unbranched alkanes of at least 4 members (excludes halogenated alkanes) is 66. The predicted molar refractivity (Wildman–Crippen MR) is 398 cm³/mol. The number of hydrogen-bond donors (Lipinski definition) is 3. The van der Waals surface area contributed by atoms with Crippen molar-refractivity contribution in [2.45, 2.75) is 488 Å². The molecule has 0 aliphatic rings. The van der Waals surface area contributed by atoms with Crippen molar-refractivity contribution in [3.05, 3.63) is 24.3 Å². The molecule has 0 saturated heterocycles. The maximum Gasteiger partial charge on any atom is 0.305 e. The van der Waals surface area contributed by atoms with Crippen LogP contribution in [0, 0.1) is 0 Å². The fraction of sp³-hybridized carbons (Fsp3) is 0.929. The predicted octanol–water partition coefficient (Wildman–Crippen LogP) is 27.6. The van der Waals surface area contributed by atoms with E-state index >= 15 is 0 Å². The minimum Gasteiger partial charge on any atom is -0.466 e. The Morgan fingerprint density at radius 3 is 0.789 bits per heavy atom. The first-order chi connectivity index (χ1) is 44.5. The Labute approximate surface area is 564 Å². The van der Waals surface area contributed by atoms with Gasteiger partial charge in [0.25, 0.3) is 0 Å². The quantitative estimate of drug-likeness (QED) is 0.0320. The van der Waals surface area contributed by atoms with Crippen molar-refractivity contribution in [2.24, 2.45) is 0 Å². The zero-order valence-corrected chi connectivity index (χ0v) is 61.4. The highest BCUT2D eigenvalue weighted by Crippen LogP contribution is 2.20. The first-order valence-corrected chi connectivity index (χ1v) is 41.6. The van der Waals surface area contributed by atoms with E-state index in [1.807, 2.05) is 6.08 Å². The van der Waals surface area contributed by atoms with Crippen molar-refractivity contribution in [3.8, 4) is 0 Å². The highest BCUT2D eigenvalue weighted by Gasteiger charge is 2.18. The summed E-state index contributed by atoms with van der Waals surface area (Å²) in [5, 5.41) is 23.3. The molecule has 0 spiro atoms. The fourth-order valence-corrected chi connectivity index (χ4v) is 13.4. The molecule has 0 aromatic rings. The smallest absolute Gasteiger partial charge is 0.305 e. The fourth-order valence-electron chi connectivity index (χ4n) is 13.4. The van der Waals surface area contributed by atoms with Gasteiger partial charge in [0.2, 0.25) is 5.91 Å². The lowest BCUT2D eigenvalue weighted by Gasteiger charge is -2.20. The van der Waals surface area contributed by atoms with Gasteiger partial charge in [-0.25, -0.2) is 0 Å². The Hall–Kier alpha value is -1.66. The first kappa shape index (κ1) is 88.3. The molecule has 6 heteroatoms. The first-order valence-electron chi connectivity index (χ1n) is 41.6. The van der Waals surface area contributed by atoms with E-state index in [1.54, 1.807) is 6.08 Å². The molecule has 0 heterocycles. The Morgan fingerprint density at radius 1 is 0.300 bits per heavy atom. The van der Waals surface area contributed by atoms with Crippen molar-refractivity contribution >= 4 is 11.9 Å². The van der Waals surface area contributed by atoms with E-state index in [0.717, 1.165) is 38.5 Å². The van der Waals surface area contributed by atoms with Gasteiger partial charge in [-0.2, -0.15) is 0 Å². The topological polar surface area (TPSA) is 95.9 Å². The molecule has 6 nitrogen and oxygen atoms in total. The van der Waals surface area contributed by atoms with Gasteiger partial charge in [0, 0.05) is 12.8 Å². The molecular formula is C84H163NO5. The summed E-state index contributed by atoms with van der Waals surface area (Å²) in [6.45, 7) is 4.97. The van der Waals surface area contributed by atoms with Crippen molar-refractivity contribution < 1.29 is 24.5 Å². The molecule has 0 aliphatic carbocycles. The van der Waals surface area contributed by atoms with Crippen LogP contribution in [0.2, 0.25) is 0 Å². The van der Waals surface area contributed by atoms with Crippen LogP contribution in [0.3, 0.4) is 0 Å². The van der Waals surface area contributed by atoms with Gasteiger partial charge in [-0.05, 0) is 57.8 Å². The zero-order valence-electron chi connectivity index (χ0n) is 61.4. The van der Waals surface area contributed by atoms with Crippen molar-refractivity contribution in [1.29, 1.82) is 0 Å². The Bertz CT molecular complexity index is 1410. The van der Waals surface area contributed by atoms with E-state index in [2.05, 4.69) is 31.3 Å². The molecular weight excluding hydrogens is 1100 g/mol. The van der Waals surface area contributed by atoms with E-state index in [9.17, 15) is 19.8 Å². The second kappa shape index (κ2) is 79.8. The van der Waals surface area contributed by atoms with Crippen LogP contribution in [0.4, 0.5) is 0 Å². The molecule has 0 aromatic heterocycles. The van der Waals surface area contributed by atoms with E-state index < -0.39 is 12.1 Å². The van der Waals surface area contributed by atoms with Crippen LogP contribution in [-0.2, 0) is 14.3 Å². The van der Waals surface area contributed by atoms with Gasteiger partial charge in [0.1, 0.15) is 0 Å². The van der Waals surface area contributed by atoms with Crippen LogP contribution in [-0.4, -0.2) is 47.4 Å². The molecule has 3 N–H and O–H groups in total. The summed E-state index contributed by atoms with van der Waals surface area (Å²) >= 11 is 0. The van der Waals surface area contributed by atoms with Crippen LogP contribution >= 0.6 is 0 Å². The summed E-state index contributed by atoms with van der Waals surface area (Å²) in [7, 11) is 0. The maximum atomic E-state index is 12.5. The normalized spacial score (nSPS) is 12.5. The molecule has 1 amide bonds. The highest BCUT2D eigenvalue weighted by molar-refractivity contribution is 5.76. The van der Waals surface area contributed by atoms with Crippen LogP contribution in [0.25, 0.3) is 0 Å². The zero-order chi connectivity index (χ0) is 64.9. The minimum atomic E-state index is -0.842. The molecule has 0 fully saturated rings. The number of amides is 1. The van der Waals surface area contributed by atoms with Crippen molar-refractivity contribution in [1.82, 2.24) is 5.32 Å². The highest BCUT2D eigenvalue weighted by atomic mass is 16.5. The number of hydrogen-bond acceptors (Lipinski definition) is 5. The van der Waals surface area contributed by atoms with Gasteiger partial charge in [0.05, 0.1) is 25.4 Å². The molecule has 534 valence electrons. The molecule has 0 radical (unpaired) electrons. The maximum absolute atomic E-state index is 12.5. The van der Waals surface area contributed by atoms with Gasteiger partial charge < -0.3 is 20.3 Å². The molecule has 2 unspecified atom stereocenters. The van der Waals surface area contributed by atoms with E-state index in [4.69, 9.17) is 4.74 Å². The number of allylic oxidation sites excluding steroid dienone is 3. The molecule has 2 atom stereocenters. The van der Waals surface area contributed by atoms with Gasteiger partial charge in [0.15, 0.2) is 0 Å². The van der Waals surface area contributed by atoms with Crippen LogP contribution in [0.1, 0.15) is 476 Å². The van der Waals surface area contributed by atoms with E-state index in [-0.39, 0.29) is 18.5 Å². The number of rotatable bonds is 79. The lowest BCUT2D eigenvalue weighted by atomic mass is 10.0. The second-order valence-corrected chi connectivity index (χ2v) is 28.8. The number of aliphatic hydroxyl groups excluding tert-OH is 2.